The van der Waals surface area contributed by atoms with Crippen LogP contribution in [0.4, 0.5) is 0 Å². The van der Waals surface area contributed by atoms with Crippen LogP contribution in [-0.4, -0.2) is 34.5 Å². The monoisotopic (exact) mass is 437 g/mol. The zero-order valence-corrected chi connectivity index (χ0v) is 18.1. The molecule has 1 aromatic heterocycles. The Morgan fingerprint density at radius 2 is 1.81 bits per heavy atom. The van der Waals surface area contributed by atoms with Gasteiger partial charge in [-0.05, 0) is 48.6 Å². The third-order valence-corrected chi connectivity index (χ3v) is 5.73. The van der Waals surface area contributed by atoms with Crippen LogP contribution in [0.3, 0.4) is 0 Å². The van der Waals surface area contributed by atoms with Crippen molar-refractivity contribution in [2.45, 2.75) is 38.8 Å². The van der Waals surface area contributed by atoms with E-state index >= 15 is 0 Å². The number of hydrogen-bond acceptors (Lipinski definition) is 4. The van der Waals surface area contributed by atoms with Crippen molar-refractivity contribution in [3.63, 3.8) is 0 Å². The normalized spacial score (nSPS) is 15.8. The maximum atomic E-state index is 12.8. The average molecular weight is 438 g/mol. The van der Waals surface area contributed by atoms with Crippen LogP contribution in [-0.2, 0) is 22.6 Å². The van der Waals surface area contributed by atoms with E-state index in [1.807, 2.05) is 55.5 Å². The van der Waals surface area contributed by atoms with Gasteiger partial charge in [0.25, 0.3) is 0 Å². The zero-order valence-electron chi connectivity index (χ0n) is 17.3. The Bertz CT molecular complexity index is 1060. The number of nitrogens with zero attached hydrogens (tertiary/aromatic N) is 2. The van der Waals surface area contributed by atoms with E-state index in [-0.39, 0.29) is 18.2 Å². The Hall–Kier alpha value is -3.12. The number of halogens is 1. The van der Waals surface area contributed by atoms with Crippen molar-refractivity contribution in [1.29, 1.82) is 0 Å². The Kier molecular flexibility index (Phi) is 6.37. The molecule has 4 rings (SSSR count). The number of carbonyl (C=O) groups is 2. The highest BCUT2D eigenvalue weighted by Gasteiger charge is 2.34. The Morgan fingerprint density at radius 1 is 1.13 bits per heavy atom. The molecule has 0 saturated carbocycles. The summed E-state index contributed by atoms with van der Waals surface area (Å²) in [5, 5.41) is 7.49. The zero-order chi connectivity index (χ0) is 21.8. The standard InChI is InChI=1S/C24H24ClN3O3/c1-16-13-21(31-27-16)14-23(29)28-12-2-3-22(28)24(30)26-15-17-4-6-18(7-5-17)19-8-10-20(25)11-9-19/h4-11,13,22H,2-3,12,14-15H2,1H3,(H,26,30)/t22-/m0/s1. The van der Waals surface area contributed by atoms with Crippen LogP contribution in [0.25, 0.3) is 11.1 Å². The summed E-state index contributed by atoms with van der Waals surface area (Å²) in [6, 6.07) is 17.0. The lowest BCUT2D eigenvalue weighted by Crippen LogP contribution is -2.46. The summed E-state index contributed by atoms with van der Waals surface area (Å²) in [6.07, 6.45) is 1.61. The van der Waals surface area contributed by atoms with Crippen LogP contribution in [0.1, 0.15) is 29.9 Å². The average Bonchev–Trinajstić information content (AvgIpc) is 3.42. The van der Waals surface area contributed by atoms with Gasteiger partial charge in [-0.15, -0.1) is 0 Å². The van der Waals surface area contributed by atoms with Crippen LogP contribution in [0.15, 0.2) is 59.1 Å². The van der Waals surface area contributed by atoms with Gasteiger partial charge in [0.05, 0.1) is 12.1 Å². The summed E-state index contributed by atoms with van der Waals surface area (Å²) in [7, 11) is 0. The number of hydrogen-bond donors (Lipinski definition) is 1. The highest BCUT2D eigenvalue weighted by Crippen LogP contribution is 2.22. The molecule has 1 saturated heterocycles. The van der Waals surface area contributed by atoms with Gasteiger partial charge in [0, 0.05) is 24.2 Å². The second kappa shape index (κ2) is 9.35. The van der Waals surface area contributed by atoms with Gasteiger partial charge in [-0.2, -0.15) is 0 Å². The number of likely N-dealkylation sites (tertiary alicyclic amines) is 1. The molecule has 1 N–H and O–H groups in total. The molecule has 160 valence electrons. The molecule has 7 heteroatoms. The minimum absolute atomic E-state index is 0.110. The van der Waals surface area contributed by atoms with E-state index in [9.17, 15) is 9.59 Å². The topological polar surface area (TPSA) is 75.4 Å². The van der Waals surface area contributed by atoms with E-state index in [2.05, 4.69) is 10.5 Å². The minimum atomic E-state index is -0.440. The summed E-state index contributed by atoms with van der Waals surface area (Å²) >= 11 is 5.95. The molecule has 31 heavy (non-hydrogen) atoms. The molecule has 0 radical (unpaired) electrons. The second-order valence-electron chi connectivity index (χ2n) is 7.78. The Balaban J connectivity index is 1.33. The number of aryl methyl sites for hydroxylation is 1. The van der Waals surface area contributed by atoms with Gasteiger partial charge < -0.3 is 14.7 Å². The van der Waals surface area contributed by atoms with E-state index in [1.165, 1.54) is 0 Å². The van der Waals surface area contributed by atoms with Gasteiger partial charge in [-0.1, -0.05) is 53.2 Å². The molecule has 2 aromatic carbocycles. The van der Waals surface area contributed by atoms with Gasteiger partial charge in [-0.25, -0.2) is 0 Å². The van der Waals surface area contributed by atoms with E-state index < -0.39 is 6.04 Å². The second-order valence-corrected chi connectivity index (χ2v) is 8.21. The summed E-state index contributed by atoms with van der Waals surface area (Å²) in [5.41, 5.74) is 3.91. The molecule has 1 atom stereocenters. The van der Waals surface area contributed by atoms with Crippen molar-refractivity contribution in [2.75, 3.05) is 6.54 Å². The van der Waals surface area contributed by atoms with Crippen molar-refractivity contribution >= 4 is 23.4 Å². The van der Waals surface area contributed by atoms with Gasteiger partial charge >= 0.3 is 0 Å². The van der Waals surface area contributed by atoms with Gasteiger partial charge in [0.1, 0.15) is 11.8 Å². The van der Waals surface area contributed by atoms with Crippen molar-refractivity contribution < 1.29 is 14.1 Å². The molecule has 1 fully saturated rings. The van der Waals surface area contributed by atoms with Gasteiger partial charge in [-0.3, -0.25) is 9.59 Å². The first-order valence-electron chi connectivity index (χ1n) is 10.3. The van der Waals surface area contributed by atoms with Crippen molar-refractivity contribution in [1.82, 2.24) is 15.4 Å². The first-order chi connectivity index (χ1) is 15.0. The van der Waals surface area contributed by atoms with Gasteiger partial charge in [0.2, 0.25) is 11.8 Å². The maximum absolute atomic E-state index is 12.8. The molecular formula is C24H24ClN3O3. The van der Waals surface area contributed by atoms with Crippen molar-refractivity contribution in [3.05, 3.63) is 76.6 Å². The predicted octanol–water partition coefficient (Wildman–Crippen LogP) is 4.15. The van der Waals surface area contributed by atoms with Crippen LogP contribution in [0.2, 0.25) is 5.02 Å². The third kappa shape index (κ3) is 5.14. The lowest BCUT2D eigenvalue weighted by Gasteiger charge is -2.23. The quantitative estimate of drug-likeness (QED) is 0.628. The maximum Gasteiger partial charge on any atom is 0.243 e. The lowest BCUT2D eigenvalue weighted by molar-refractivity contribution is -0.138. The fourth-order valence-electron chi connectivity index (χ4n) is 3.85. The number of carbonyl (C=O) groups excluding carboxylic acids is 2. The molecule has 1 aliphatic heterocycles. The summed E-state index contributed by atoms with van der Waals surface area (Å²) in [4.78, 5) is 27.1. The van der Waals surface area contributed by atoms with E-state index in [0.717, 1.165) is 28.8 Å². The molecular weight excluding hydrogens is 414 g/mol. The summed E-state index contributed by atoms with van der Waals surface area (Å²) in [5.74, 6) is 0.289. The Morgan fingerprint density at radius 3 is 2.45 bits per heavy atom. The molecule has 1 aliphatic rings. The molecule has 0 spiro atoms. The Labute approximate surface area is 186 Å². The van der Waals surface area contributed by atoms with Crippen molar-refractivity contribution in [2.24, 2.45) is 0 Å². The van der Waals surface area contributed by atoms with Crippen LogP contribution in [0.5, 0.6) is 0 Å². The molecule has 3 aromatic rings. The number of benzene rings is 2. The number of amides is 2. The molecule has 0 bridgehead atoms. The fourth-order valence-corrected chi connectivity index (χ4v) is 3.98. The molecule has 0 aliphatic carbocycles. The highest BCUT2D eigenvalue weighted by molar-refractivity contribution is 6.30. The minimum Gasteiger partial charge on any atom is -0.361 e. The summed E-state index contributed by atoms with van der Waals surface area (Å²) in [6.45, 7) is 2.81. The highest BCUT2D eigenvalue weighted by atomic mass is 35.5. The molecule has 6 nitrogen and oxygen atoms in total. The van der Waals surface area contributed by atoms with Crippen LogP contribution >= 0.6 is 11.6 Å². The third-order valence-electron chi connectivity index (χ3n) is 5.48. The van der Waals surface area contributed by atoms with Gasteiger partial charge in [0.15, 0.2) is 0 Å². The molecule has 2 heterocycles. The van der Waals surface area contributed by atoms with Crippen molar-refractivity contribution in [3.8, 4) is 11.1 Å². The summed E-state index contributed by atoms with van der Waals surface area (Å²) < 4.78 is 5.14. The molecule has 2 amide bonds. The van der Waals surface area contributed by atoms with E-state index in [4.69, 9.17) is 16.1 Å². The van der Waals surface area contributed by atoms with E-state index in [1.54, 1.807) is 11.0 Å². The van der Waals surface area contributed by atoms with E-state index in [0.29, 0.717) is 30.3 Å². The fraction of sp³-hybridized carbons (Fsp3) is 0.292. The number of aromatic nitrogens is 1. The van der Waals surface area contributed by atoms with Crippen LogP contribution < -0.4 is 5.32 Å². The van der Waals surface area contributed by atoms with Crippen LogP contribution in [0, 0.1) is 6.92 Å². The largest absolute Gasteiger partial charge is 0.361 e. The first kappa shape index (κ1) is 21.1. The lowest BCUT2D eigenvalue weighted by atomic mass is 10.0. The molecule has 0 unspecified atom stereocenters. The predicted molar refractivity (Wildman–Crippen MR) is 118 cm³/mol. The smallest absolute Gasteiger partial charge is 0.243 e. The SMILES string of the molecule is Cc1cc(CC(=O)N2CCC[C@H]2C(=O)NCc2ccc(-c3ccc(Cl)cc3)cc2)on1. The first-order valence-corrected chi connectivity index (χ1v) is 10.7. The number of nitrogens with one attached hydrogen (secondary N) is 1. The number of rotatable bonds is 6.